The van der Waals surface area contributed by atoms with Gasteiger partial charge in [-0.1, -0.05) is 12.1 Å². The van der Waals surface area contributed by atoms with Gasteiger partial charge in [-0.2, -0.15) is 5.10 Å². The summed E-state index contributed by atoms with van der Waals surface area (Å²) in [6, 6.07) is 6.02. The summed E-state index contributed by atoms with van der Waals surface area (Å²) in [5.74, 6) is -0.807. The predicted octanol–water partition coefficient (Wildman–Crippen LogP) is -0.201. The Labute approximate surface area is 121 Å². The van der Waals surface area contributed by atoms with Crippen LogP contribution in [0.1, 0.15) is 12.8 Å². The Bertz CT molecular complexity index is 712. The van der Waals surface area contributed by atoms with Crippen LogP contribution in [0.4, 0.5) is 5.69 Å². The fraction of sp³-hybridized carbons (Fsp3) is 0.250. The second kappa shape index (κ2) is 6.02. The highest BCUT2D eigenvalue weighted by Gasteiger charge is 2.21. The summed E-state index contributed by atoms with van der Waals surface area (Å²) in [6.07, 6.45) is 0.376. The number of nitrogens with zero attached hydrogens (tertiary/aromatic N) is 1. The monoisotopic (exact) mass is 310 g/mol. The van der Waals surface area contributed by atoms with E-state index in [1.807, 2.05) is 0 Å². The van der Waals surface area contributed by atoms with Crippen molar-refractivity contribution in [2.24, 2.45) is 5.10 Å². The number of hydrazone groups is 1. The maximum Gasteiger partial charge on any atom is 0.271 e. The van der Waals surface area contributed by atoms with Crippen LogP contribution in [0.15, 0.2) is 34.3 Å². The van der Waals surface area contributed by atoms with Gasteiger partial charge in [0, 0.05) is 12.8 Å². The highest BCUT2D eigenvalue weighted by molar-refractivity contribution is 7.89. The first kappa shape index (κ1) is 15.1. The van der Waals surface area contributed by atoms with Gasteiger partial charge >= 0.3 is 0 Å². The molecule has 0 atom stereocenters. The molecule has 9 heteroatoms. The second-order valence-corrected chi connectivity index (χ2v) is 6.11. The number of sulfonamides is 1. The Hall–Kier alpha value is -2.26. The number of rotatable bonds is 4. The largest absolute Gasteiger partial charge is 0.320 e. The summed E-state index contributed by atoms with van der Waals surface area (Å²) in [5.41, 5.74) is 2.51. The number of hydrogen-bond donors (Lipinski definition) is 3. The molecule has 0 aromatic heterocycles. The lowest BCUT2D eigenvalue weighted by molar-refractivity contribution is -0.121. The van der Waals surface area contributed by atoms with Crippen molar-refractivity contribution < 1.29 is 18.0 Å². The zero-order chi connectivity index (χ0) is 15.5. The van der Waals surface area contributed by atoms with Crippen molar-refractivity contribution in [1.29, 1.82) is 0 Å². The molecule has 3 N–H and O–H groups in total. The molecule has 0 saturated carbocycles. The van der Waals surface area contributed by atoms with Crippen molar-refractivity contribution in [1.82, 2.24) is 10.1 Å². The number of anilines is 1. The Kier molecular flexibility index (Phi) is 4.34. The number of carbonyl (C=O) groups is 2. The number of carbonyl (C=O) groups excluding carboxylic acids is 2. The smallest absolute Gasteiger partial charge is 0.271 e. The first-order valence-electron chi connectivity index (χ1n) is 6.13. The average molecular weight is 310 g/mol. The third kappa shape index (κ3) is 3.44. The minimum Gasteiger partial charge on any atom is -0.320 e. The number of para-hydroxylation sites is 1. The maximum absolute atomic E-state index is 12.0. The van der Waals surface area contributed by atoms with Gasteiger partial charge in [-0.25, -0.2) is 18.6 Å². The molecule has 0 unspecified atom stereocenters. The van der Waals surface area contributed by atoms with Crippen LogP contribution in [0.5, 0.6) is 0 Å². The SMILES string of the molecule is CNS(=O)(=O)c1ccccc1NC(=O)C1=NNC(=O)CC1. The summed E-state index contributed by atoms with van der Waals surface area (Å²) in [7, 11) is -2.40. The number of benzene rings is 1. The summed E-state index contributed by atoms with van der Waals surface area (Å²) in [6.45, 7) is 0. The van der Waals surface area contributed by atoms with E-state index in [4.69, 9.17) is 0 Å². The fourth-order valence-electron chi connectivity index (χ4n) is 1.75. The standard InChI is InChI=1S/C12H14N4O4S/c1-13-21(19,20)10-5-3-2-4-8(10)14-12(18)9-6-7-11(17)16-15-9/h2-5,13H,6-7H2,1H3,(H,14,18)(H,16,17). The highest BCUT2D eigenvalue weighted by Crippen LogP contribution is 2.20. The Morgan fingerprint density at radius 2 is 2.00 bits per heavy atom. The Morgan fingerprint density at radius 3 is 2.62 bits per heavy atom. The van der Waals surface area contributed by atoms with E-state index < -0.39 is 15.9 Å². The first-order chi connectivity index (χ1) is 9.94. The molecular weight excluding hydrogens is 296 g/mol. The zero-order valence-corrected chi connectivity index (χ0v) is 12.0. The zero-order valence-electron chi connectivity index (χ0n) is 11.2. The van der Waals surface area contributed by atoms with Crippen molar-refractivity contribution in [3.63, 3.8) is 0 Å². The van der Waals surface area contributed by atoms with E-state index in [9.17, 15) is 18.0 Å². The normalized spacial score (nSPS) is 15.1. The molecule has 0 aliphatic carbocycles. The molecule has 0 bridgehead atoms. The highest BCUT2D eigenvalue weighted by atomic mass is 32.2. The minimum absolute atomic E-state index is 0.0405. The first-order valence-corrected chi connectivity index (χ1v) is 7.61. The van der Waals surface area contributed by atoms with Gasteiger partial charge < -0.3 is 5.32 Å². The molecule has 8 nitrogen and oxygen atoms in total. The summed E-state index contributed by atoms with van der Waals surface area (Å²) < 4.78 is 25.9. The molecule has 0 saturated heterocycles. The lowest BCUT2D eigenvalue weighted by Crippen LogP contribution is -2.33. The van der Waals surface area contributed by atoms with E-state index in [0.29, 0.717) is 0 Å². The molecule has 2 amide bonds. The van der Waals surface area contributed by atoms with Crippen LogP contribution in [-0.4, -0.2) is 33.0 Å². The van der Waals surface area contributed by atoms with Crippen molar-refractivity contribution in [3.8, 4) is 0 Å². The number of hydrogen-bond acceptors (Lipinski definition) is 5. The van der Waals surface area contributed by atoms with Gasteiger partial charge in [0.1, 0.15) is 10.6 Å². The Morgan fingerprint density at radius 1 is 1.29 bits per heavy atom. The van der Waals surface area contributed by atoms with Gasteiger partial charge in [0.2, 0.25) is 15.9 Å². The molecule has 1 aromatic carbocycles. The number of amides is 2. The van der Waals surface area contributed by atoms with Gasteiger partial charge in [-0.3, -0.25) is 9.59 Å². The van der Waals surface area contributed by atoms with Crippen LogP contribution < -0.4 is 15.5 Å². The minimum atomic E-state index is -3.69. The molecule has 1 aliphatic rings. The third-order valence-electron chi connectivity index (χ3n) is 2.86. The maximum atomic E-state index is 12.0. The van der Waals surface area contributed by atoms with E-state index in [-0.39, 0.29) is 35.0 Å². The van der Waals surface area contributed by atoms with Crippen molar-refractivity contribution in [2.75, 3.05) is 12.4 Å². The number of nitrogens with one attached hydrogen (secondary N) is 3. The molecule has 2 rings (SSSR count). The molecule has 0 radical (unpaired) electrons. The molecule has 0 spiro atoms. The van der Waals surface area contributed by atoms with Crippen LogP contribution in [0.3, 0.4) is 0 Å². The van der Waals surface area contributed by atoms with Crippen LogP contribution in [0, 0.1) is 0 Å². The van der Waals surface area contributed by atoms with E-state index >= 15 is 0 Å². The van der Waals surface area contributed by atoms with Gasteiger partial charge in [-0.15, -0.1) is 0 Å². The van der Waals surface area contributed by atoms with E-state index in [0.717, 1.165) is 0 Å². The van der Waals surface area contributed by atoms with Gasteiger partial charge in [-0.05, 0) is 19.2 Å². The molecular formula is C12H14N4O4S. The van der Waals surface area contributed by atoms with Gasteiger partial charge in [0.05, 0.1) is 5.69 Å². The Balaban J connectivity index is 2.25. The third-order valence-corrected chi connectivity index (χ3v) is 4.33. The van der Waals surface area contributed by atoms with Crippen molar-refractivity contribution in [3.05, 3.63) is 24.3 Å². The predicted molar refractivity (Wildman–Crippen MR) is 76.1 cm³/mol. The molecule has 21 heavy (non-hydrogen) atoms. The van der Waals surface area contributed by atoms with Crippen molar-refractivity contribution in [2.45, 2.75) is 17.7 Å². The van der Waals surface area contributed by atoms with E-state index in [1.165, 1.54) is 19.2 Å². The second-order valence-electron chi connectivity index (χ2n) is 4.25. The summed E-state index contributed by atoms with van der Waals surface area (Å²) >= 11 is 0. The molecule has 112 valence electrons. The molecule has 1 aliphatic heterocycles. The lowest BCUT2D eigenvalue weighted by Gasteiger charge is -2.14. The average Bonchev–Trinajstić information content (AvgIpc) is 2.48. The van der Waals surface area contributed by atoms with Crippen LogP contribution in [0.25, 0.3) is 0 Å². The van der Waals surface area contributed by atoms with Crippen LogP contribution in [-0.2, 0) is 19.6 Å². The quantitative estimate of drug-likeness (QED) is 0.714. The van der Waals surface area contributed by atoms with Gasteiger partial charge in [0.15, 0.2) is 0 Å². The molecule has 0 fully saturated rings. The summed E-state index contributed by atoms with van der Waals surface area (Å²) in [4.78, 5) is 23.0. The molecule has 1 aromatic rings. The lowest BCUT2D eigenvalue weighted by atomic mass is 10.1. The summed E-state index contributed by atoms with van der Waals surface area (Å²) in [5, 5.41) is 6.15. The van der Waals surface area contributed by atoms with Crippen LogP contribution in [0.2, 0.25) is 0 Å². The van der Waals surface area contributed by atoms with Crippen molar-refractivity contribution >= 4 is 33.2 Å². The van der Waals surface area contributed by atoms with Gasteiger partial charge in [0.25, 0.3) is 5.91 Å². The van der Waals surface area contributed by atoms with E-state index in [1.54, 1.807) is 12.1 Å². The fourth-order valence-corrected chi connectivity index (χ4v) is 2.63. The van der Waals surface area contributed by atoms with Crippen LogP contribution >= 0.6 is 0 Å². The topological polar surface area (TPSA) is 117 Å². The molecule has 1 heterocycles. The van der Waals surface area contributed by atoms with E-state index in [2.05, 4.69) is 20.6 Å².